The molecule has 0 aliphatic rings. The summed E-state index contributed by atoms with van der Waals surface area (Å²) in [6.45, 7) is 2.34. The van der Waals surface area contributed by atoms with Crippen molar-refractivity contribution in [1.29, 1.82) is 0 Å². The minimum absolute atomic E-state index is 0.0140. The van der Waals surface area contributed by atoms with Crippen molar-refractivity contribution in [3.8, 4) is 0 Å². The first-order valence-electron chi connectivity index (χ1n) is 4.06. The molecule has 1 N–H and O–H groups in total. The van der Waals surface area contributed by atoms with Crippen molar-refractivity contribution in [1.82, 2.24) is 0 Å². The summed E-state index contributed by atoms with van der Waals surface area (Å²) in [5, 5.41) is 8.82. The number of hydrogen-bond acceptors (Lipinski definition) is 4. The Balaban J connectivity index is 3.65. The zero-order valence-electron chi connectivity index (χ0n) is 7.95. The molecule has 4 nitrogen and oxygen atoms in total. The van der Waals surface area contributed by atoms with Gasteiger partial charge in [0.1, 0.15) is 0 Å². The van der Waals surface area contributed by atoms with Gasteiger partial charge >= 0.3 is 0 Å². The molecule has 0 rings (SSSR count). The number of rotatable bonds is 7. The average molecular weight is 178 g/mol. The first-order chi connectivity index (χ1) is 5.78. The fourth-order valence-electron chi connectivity index (χ4n) is 0.782. The van der Waals surface area contributed by atoms with Crippen molar-refractivity contribution in [2.45, 2.75) is 25.7 Å². The molecule has 0 aromatic heterocycles. The minimum atomic E-state index is -0.382. The van der Waals surface area contributed by atoms with E-state index in [1.165, 1.54) is 0 Å². The van der Waals surface area contributed by atoms with Gasteiger partial charge in [-0.15, -0.1) is 0 Å². The van der Waals surface area contributed by atoms with E-state index >= 15 is 0 Å². The molecule has 0 saturated heterocycles. The van der Waals surface area contributed by atoms with Crippen LogP contribution in [0.5, 0.6) is 0 Å². The van der Waals surface area contributed by atoms with Gasteiger partial charge in [-0.1, -0.05) is 6.92 Å². The maximum atomic E-state index is 8.82. The maximum absolute atomic E-state index is 8.82. The largest absolute Gasteiger partial charge is 0.394 e. The number of methoxy groups -OCH3 is 2. The van der Waals surface area contributed by atoms with Crippen molar-refractivity contribution >= 4 is 0 Å². The van der Waals surface area contributed by atoms with E-state index in [9.17, 15) is 0 Å². The SMILES string of the molecule is CCC(CO)OC(COC)OC. The fourth-order valence-corrected chi connectivity index (χ4v) is 0.782. The second-order valence-corrected chi connectivity index (χ2v) is 2.47. The highest BCUT2D eigenvalue weighted by molar-refractivity contribution is 4.53. The summed E-state index contributed by atoms with van der Waals surface area (Å²) < 4.78 is 15.2. The summed E-state index contributed by atoms with van der Waals surface area (Å²) in [4.78, 5) is 0. The van der Waals surface area contributed by atoms with E-state index in [4.69, 9.17) is 19.3 Å². The van der Waals surface area contributed by atoms with Gasteiger partial charge in [0.15, 0.2) is 6.29 Å². The van der Waals surface area contributed by atoms with Gasteiger partial charge in [-0.3, -0.25) is 0 Å². The molecule has 0 bridgehead atoms. The molecule has 0 radical (unpaired) electrons. The van der Waals surface area contributed by atoms with Crippen LogP contribution in [0.1, 0.15) is 13.3 Å². The fraction of sp³-hybridized carbons (Fsp3) is 1.00. The van der Waals surface area contributed by atoms with Crippen molar-refractivity contribution in [2.75, 3.05) is 27.4 Å². The Hall–Kier alpha value is -0.160. The molecule has 0 spiro atoms. The molecule has 74 valence electrons. The first kappa shape index (κ1) is 11.8. The minimum Gasteiger partial charge on any atom is -0.394 e. The van der Waals surface area contributed by atoms with Crippen LogP contribution in [0.25, 0.3) is 0 Å². The van der Waals surface area contributed by atoms with Gasteiger partial charge in [0, 0.05) is 14.2 Å². The lowest BCUT2D eigenvalue weighted by atomic mass is 10.3. The molecule has 0 saturated carbocycles. The Morgan fingerprint density at radius 2 is 2.00 bits per heavy atom. The van der Waals surface area contributed by atoms with Crippen LogP contribution in [-0.2, 0) is 14.2 Å². The lowest BCUT2D eigenvalue weighted by molar-refractivity contribution is -0.185. The normalized spacial score (nSPS) is 16.0. The molecule has 2 unspecified atom stereocenters. The topological polar surface area (TPSA) is 47.9 Å². The van der Waals surface area contributed by atoms with E-state index in [1.54, 1.807) is 14.2 Å². The molecule has 2 atom stereocenters. The molecule has 12 heavy (non-hydrogen) atoms. The van der Waals surface area contributed by atoms with Gasteiger partial charge in [-0.2, -0.15) is 0 Å². The average Bonchev–Trinajstić information content (AvgIpc) is 2.12. The van der Waals surface area contributed by atoms with Gasteiger partial charge in [0.05, 0.1) is 19.3 Å². The second kappa shape index (κ2) is 7.49. The van der Waals surface area contributed by atoms with Gasteiger partial charge in [-0.05, 0) is 6.42 Å². The molecule has 0 fully saturated rings. The number of hydrogen-bond donors (Lipinski definition) is 1. The summed E-state index contributed by atoms with van der Waals surface area (Å²) in [6.07, 6.45) is 0.220. The third-order valence-corrected chi connectivity index (χ3v) is 1.57. The van der Waals surface area contributed by atoms with Crippen LogP contribution < -0.4 is 0 Å². The smallest absolute Gasteiger partial charge is 0.180 e. The van der Waals surface area contributed by atoms with E-state index in [1.807, 2.05) is 6.92 Å². The molecule has 4 heteroatoms. The maximum Gasteiger partial charge on any atom is 0.180 e. The second-order valence-electron chi connectivity index (χ2n) is 2.47. The lowest BCUT2D eigenvalue weighted by Gasteiger charge is -2.20. The van der Waals surface area contributed by atoms with Crippen LogP contribution in [0.3, 0.4) is 0 Å². The predicted molar refractivity (Wildman–Crippen MR) is 44.9 cm³/mol. The molecule has 0 aromatic carbocycles. The van der Waals surface area contributed by atoms with Crippen LogP contribution in [-0.4, -0.2) is 44.9 Å². The quantitative estimate of drug-likeness (QED) is 0.573. The zero-order chi connectivity index (χ0) is 9.40. The third kappa shape index (κ3) is 4.66. The number of aliphatic hydroxyl groups is 1. The van der Waals surface area contributed by atoms with Crippen molar-refractivity contribution in [3.63, 3.8) is 0 Å². The van der Waals surface area contributed by atoms with Crippen LogP contribution in [0.2, 0.25) is 0 Å². The standard InChI is InChI=1S/C8H18O4/c1-4-7(5-9)12-8(11-3)6-10-2/h7-9H,4-6H2,1-3H3. The molecule has 0 aliphatic carbocycles. The van der Waals surface area contributed by atoms with Gasteiger partial charge in [0.2, 0.25) is 0 Å². The molecule has 0 amide bonds. The van der Waals surface area contributed by atoms with E-state index in [-0.39, 0.29) is 19.0 Å². The van der Waals surface area contributed by atoms with Gasteiger partial charge in [-0.25, -0.2) is 0 Å². The number of aliphatic hydroxyl groups excluding tert-OH is 1. The molecular weight excluding hydrogens is 160 g/mol. The van der Waals surface area contributed by atoms with E-state index < -0.39 is 0 Å². The lowest BCUT2D eigenvalue weighted by Crippen LogP contribution is -2.29. The summed E-state index contributed by atoms with van der Waals surface area (Å²) in [5.41, 5.74) is 0. The summed E-state index contributed by atoms with van der Waals surface area (Å²) >= 11 is 0. The van der Waals surface area contributed by atoms with Crippen LogP contribution in [0.4, 0.5) is 0 Å². The van der Waals surface area contributed by atoms with Crippen LogP contribution in [0.15, 0.2) is 0 Å². The first-order valence-corrected chi connectivity index (χ1v) is 4.06. The Morgan fingerprint density at radius 1 is 1.33 bits per heavy atom. The molecule has 0 aromatic rings. The Labute approximate surface area is 73.4 Å². The zero-order valence-corrected chi connectivity index (χ0v) is 7.95. The third-order valence-electron chi connectivity index (χ3n) is 1.57. The monoisotopic (exact) mass is 178 g/mol. The highest BCUT2D eigenvalue weighted by atomic mass is 16.7. The summed E-state index contributed by atoms with van der Waals surface area (Å²) in [7, 11) is 3.13. The van der Waals surface area contributed by atoms with Crippen molar-refractivity contribution < 1.29 is 19.3 Å². The van der Waals surface area contributed by atoms with Gasteiger partial charge < -0.3 is 19.3 Å². The van der Waals surface area contributed by atoms with Crippen LogP contribution in [0, 0.1) is 0 Å². The summed E-state index contributed by atoms with van der Waals surface area (Å²) in [6, 6.07) is 0. The Kier molecular flexibility index (Phi) is 7.39. The highest BCUT2D eigenvalue weighted by Gasteiger charge is 2.13. The molecule has 0 aliphatic heterocycles. The Morgan fingerprint density at radius 3 is 2.33 bits per heavy atom. The predicted octanol–water partition coefficient (Wildman–Crippen LogP) is 0.393. The molecule has 0 heterocycles. The van der Waals surface area contributed by atoms with Crippen molar-refractivity contribution in [3.05, 3.63) is 0 Å². The Bertz CT molecular complexity index is 93.1. The van der Waals surface area contributed by atoms with E-state index in [0.29, 0.717) is 6.61 Å². The highest BCUT2D eigenvalue weighted by Crippen LogP contribution is 2.03. The van der Waals surface area contributed by atoms with E-state index in [2.05, 4.69) is 0 Å². The molecular formula is C8H18O4. The number of ether oxygens (including phenoxy) is 3. The van der Waals surface area contributed by atoms with E-state index in [0.717, 1.165) is 6.42 Å². The van der Waals surface area contributed by atoms with Crippen molar-refractivity contribution in [2.24, 2.45) is 0 Å². The van der Waals surface area contributed by atoms with Crippen LogP contribution >= 0.6 is 0 Å². The summed E-state index contributed by atoms with van der Waals surface area (Å²) in [5.74, 6) is 0. The van der Waals surface area contributed by atoms with Gasteiger partial charge in [0.25, 0.3) is 0 Å².